The molecule has 27 heavy (non-hydrogen) atoms. The second-order valence-corrected chi connectivity index (χ2v) is 8.83. The highest BCUT2D eigenvalue weighted by Gasteiger charge is 2.23. The predicted molar refractivity (Wildman–Crippen MR) is 116 cm³/mol. The zero-order chi connectivity index (χ0) is 20.0. The average molecular weight is 446 g/mol. The number of nitrogens with one attached hydrogen (secondary N) is 2. The standard InChI is InChI=1S/C18H21Cl2N3O2S2/c1-4-14-10(2)27-18(22-14)23-17(25)15(7-8-26-3)21-16(24)12-6-5-11(19)9-13(12)20/h5-6,9,15H,4,7-8H2,1-3H3,(H,21,24)(H,22,23,25). The van der Waals surface area contributed by atoms with Crippen molar-refractivity contribution in [1.82, 2.24) is 10.3 Å². The van der Waals surface area contributed by atoms with Gasteiger partial charge >= 0.3 is 0 Å². The van der Waals surface area contributed by atoms with E-state index in [4.69, 9.17) is 23.2 Å². The summed E-state index contributed by atoms with van der Waals surface area (Å²) in [6.07, 6.45) is 3.25. The molecule has 0 bridgehead atoms. The summed E-state index contributed by atoms with van der Waals surface area (Å²) in [6, 6.07) is 3.94. The molecular formula is C18H21Cl2N3O2S2. The van der Waals surface area contributed by atoms with Gasteiger partial charge in [-0.05, 0) is 50.0 Å². The van der Waals surface area contributed by atoms with Gasteiger partial charge in [0.15, 0.2) is 5.13 Å². The zero-order valence-electron chi connectivity index (χ0n) is 15.3. The molecule has 146 valence electrons. The lowest BCUT2D eigenvalue weighted by Gasteiger charge is -2.18. The molecule has 0 saturated heterocycles. The van der Waals surface area contributed by atoms with Crippen molar-refractivity contribution in [3.05, 3.63) is 44.4 Å². The summed E-state index contributed by atoms with van der Waals surface area (Å²) in [5.74, 6) is 0.0190. The maximum atomic E-state index is 12.7. The summed E-state index contributed by atoms with van der Waals surface area (Å²) in [7, 11) is 0. The molecule has 0 spiro atoms. The second-order valence-electron chi connectivity index (χ2n) is 5.80. The molecule has 2 N–H and O–H groups in total. The van der Waals surface area contributed by atoms with Crippen molar-refractivity contribution >= 4 is 63.2 Å². The van der Waals surface area contributed by atoms with Crippen molar-refractivity contribution in [2.24, 2.45) is 0 Å². The van der Waals surface area contributed by atoms with Gasteiger partial charge in [0.05, 0.1) is 16.3 Å². The molecule has 2 rings (SSSR count). The highest BCUT2D eigenvalue weighted by molar-refractivity contribution is 7.98. The minimum Gasteiger partial charge on any atom is -0.340 e. The maximum absolute atomic E-state index is 12.7. The monoisotopic (exact) mass is 445 g/mol. The minimum atomic E-state index is -0.689. The van der Waals surface area contributed by atoms with Crippen molar-refractivity contribution in [2.75, 3.05) is 17.3 Å². The first-order valence-corrected chi connectivity index (χ1v) is 11.3. The number of halogens is 2. The summed E-state index contributed by atoms with van der Waals surface area (Å²) >= 11 is 15.0. The topological polar surface area (TPSA) is 71.1 Å². The average Bonchev–Trinajstić information content (AvgIpc) is 2.97. The van der Waals surface area contributed by atoms with E-state index in [0.717, 1.165) is 22.7 Å². The first-order valence-electron chi connectivity index (χ1n) is 8.37. The Labute approximate surface area is 177 Å². The summed E-state index contributed by atoms with van der Waals surface area (Å²) in [4.78, 5) is 30.8. The number of carbonyl (C=O) groups excluding carboxylic acids is 2. The van der Waals surface area contributed by atoms with Crippen LogP contribution in [-0.4, -0.2) is 34.8 Å². The number of aromatic nitrogens is 1. The molecule has 2 aromatic rings. The molecule has 1 aromatic carbocycles. The molecule has 0 aliphatic rings. The number of anilines is 1. The quantitative estimate of drug-likeness (QED) is 0.611. The second kappa shape index (κ2) is 10.3. The van der Waals surface area contributed by atoms with Gasteiger partial charge in [0.2, 0.25) is 5.91 Å². The first kappa shape index (κ1) is 22.0. The lowest BCUT2D eigenvalue weighted by atomic mass is 10.1. The number of hydrogen-bond donors (Lipinski definition) is 2. The van der Waals surface area contributed by atoms with E-state index in [1.165, 1.54) is 17.4 Å². The molecule has 0 radical (unpaired) electrons. The number of thioether (sulfide) groups is 1. The van der Waals surface area contributed by atoms with E-state index in [-0.39, 0.29) is 16.5 Å². The van der Waals surface area contributed by atoms with Crippen LogP contribution in [0.1, 0.15) is 34.3 Å². The molecule has 5 nitrogen and oxygen atoms in total. The Morgan fingerprint density at radius 3 is 2.67 bits per heavy atom. The van der Waals surface area contributed by atoms with Gasteiger partial charge in [-0.1, -0.05) is 30.1 Å². The fourth-order valence-corrected chi connectivity index (χ4v) is 4.29. The van der Waals surface area contributed by atoms with Gasteiger partial charge in [-0.15, -0.1) is 11.3 Å². The number of carbonyl (C=O) groups is 2. The van der Waals surface area contributed by atoms with Crippen LogP contribution in [0.15, 0.2) is 18.2 Å². The van der Waals surface area contributed by atoms with Gasteiger partial charge in [-0.2, -0.15) is 11.8 Å². The summed E-state index contributed by atoms with van der Waals surface area (Å²) in [5, 5.41) is 6.82. The molecule has 0 aliphatic carbocycles. The van der Waals surface area contributed by atoms with E-state index in [1.54, 1.807) is 23.9 Å². The van der Waals surface area contributed by atoms with Crippen molar-refractivity contribution in [1.29, 1.82) is 0 Å². The number of thiazole rings is 1. The SMILES string of the molecule is CCc1nc(NC(=O)C(CCSC)NC(=O)c2ccc(Cl)cc2Cl)sc1C. The Hall–Kier alpha value is -1.28. The van der Waals surface area contributed by atoms with E-state index in [2.05, 4.69) is 15.6 Å². The Morgan fingerprint density at radius 2 is 2.07 bits per heavy atom. The fourth-order valence-electron chi connectivity index (χ4n) is 2.42. The molecule has 0 fully saturated rings. The Balaban J connectivity index is 2.12. The molecule has 9 heteroatoms. The summed E-state index contributed by atoms with van der Waals surface area (Å²) < 4.78 is 0. The van der Waals surface area contributed by atoms with Gasteiger partial charge in [-0.25, -0.2) is 4.98 Å². The molecule has 1 atom stereocenters. The minimum absolute atomic E-state index is 0.243. The summed E-state index contributed by atoms with van der Waals surface area (Å²) in [5.41, 5.74) is 1.24. The lowest BCUT2D eigenvalue weighted by molar-refractivity contribution is -0.118. The third-order valence-corrected chi connectivity index (χ3v) is 5.99. The smallest absolute Gasteiger partial charge is 0.253 e. The molecule has 1 unspecified atom stereocenters. The van der Waals surface area contributed by atoms with Crippen LogP contribution in [0.4, 0.5) is 5.13 Å². The molecule has 0 aliphatic heterocycles. The lowest BCUT2D eigenvalue weighted by Crippen LogP contribution is -2.44. The highest BCUT2D eigenvalue weighted by atomic mass is 35.5. The Morgan fingerprint density at radius 1 is 1.33 bits per heavy atom. The summed E-state index contributed by atoms with van der Waals surface area (Å²) in [6.45, 7) is 3.99. The van der Waals surface area contributed by atoms with E-state index in [9.17, 15) is 9.59 Å². The van der Waals surface area contributed by atoms with Crippen LogP contribution in [0.2, 0.25) is 10.0 Å². The van der Waals surface area contributed by atoms with E-state index in [1.807, 2.05) is 20.1 Å². The zero-order valence-corrected chi connectivity index (χ0v) is 18.4. The Bertz CT molecular complexity index is 827. The van der Waals surface area contributed by atoms with Crippen LogP contribution < -0.4 is 10.6 Å². The third kappa shape index (κ3) is 6.10. The van der Waals surface area contributed by atoms with Crippen LogP contribution >= 0.6 is 46.3 Å². The van der Waals surface area contributed by atoms with Crippen molar-refractivity contribution in [2.45, 2.75) is 32.7 Å². The number of nitrogens with zero attached hydrogens (tertiary/aromatic N) is 1. The largest absolute Gasteiger partial charge is 0.340 e. The van der Waals surface area contributed by atoms with Crippen molar-refractivity contribution in [3.8, 4) is 0 Å². The van der Waals surface area contributed by atoms with E-state index < -0.39 is 11.9 Å². The number of hydrogen-bond acceptors (Lipinski definition) is 5. The van der Waals surface area contributed by atoms with Crippen molar-refractivity contribution < 1.29 is 9.59 Å². The highest BCUT2D eigenvalue weighted by Crippen LogP contribution is 2.23. The van der Waals surface area contributed by atoms with Crippen LogP contribution in [0, 0.1) is 6.92 Å². The molecule has 2 amide bonds. The molecule has 1 heterocycles. The van der Waals surface area contributed by atoms with Crippen LogP contribution in [0.5, 0.6) is 0 Å². The van der Waals surface area contributed by atoms with E-state index in [0.29, 0.717) is 16.6 Å². The Kier molecular flexibility index (Phi) is 8.41. The van der Waals surface area contributed by atoms with Gasteiger partial charge in [0, 0.05) is 9.90 Å². The van der Waals surface area contributed by atoms with Gasteiger partial charge in [-0.3, -0.25) is 9.59 Å². The number of aryl methyl sites for hydroxylation is 2. The van der Waals surface area contributed by atoms with Crippen LogP contribution in [-0.2, 0) is 11.2 Å². The van der Waals surface area contributed by atoms with Crippen LogP contribution in [0.25, 0.3) is 0 Å². The molecule has 1 aromatic heterocycles. The molecule has 0 saturated carbocycles. The van der Waals surface area contributed by atoms with Crippen LogP contribution in [0.3, 0.4) is 0 Å². The normalized spacial score (nSPS) is 11.9. The number of amides is 2. The van der Waals surface area contributed by atoms with Gasteiger partial charge in [0.25, 0.3) is 5.91 Å². The number of rotatable bonds is 8. The van der Waals surface area contributed by atoms with Crippen molar-refractivity contribution in [3.63, 3.8) is 0 Å². The number of benzene rings is 1. The first-order chi connectivity index (χ1) is 12.8. The van der Waals surface area contributed by atoms with Gasteiger partial charge in [0.1, 0.15) is 6.04 Å². The maximum Gasteiger partial charge on any atom is 0.253 e. The van der Waals surface area contributed by atoms with Gasteiger partial charge < -0.3 is 10.6 Å². The third-order valence-electron chi connectivity index (χ3n) is 3.87. The van der Waals surface area contributed by atoms with E-state index >= 15 is 0 Å². The molecular weight excluding hydrogens is 425 g/mol. The fraction of sp³-hybridized carbons (Fsp3) is 0.389. The predicted octanol–water partition coefficient (Wildman–Crippen LogP) is 4.81.